The van der Waals surface area contributed by atoms with Gasteiger partial charge in [-0.3, -0.25) is 9.59 Å². The highest BCUT2D eigenvalue weighted by atomic mass is 16.6. The highest BCUT2D eigenvalue weighted by molar-refractivity contribution is 6.06. The van der Waals surface area contributed by atoms with Gasteiger partial charge < -0.3 is 61.0 Å². The van der Waals surface area contributed by atoms with Crippen LogP contribution in [0.3, 0.4) is 0 Å². The Morgan fingerprint density at radius 3 is 1.26 bits per heavy atom. The number of benzene rings is 3. The zero-order valence-corrected chi connectivity index (χ0v) is 24.3. The molecule has 5 rings (SSSR count). The van der Waals surface area contributed by atoms with E-state index in [0.29, 0.717) is 22.5 Å². The second kappa shape index (κ2) is 14.3. The van der Waals surface area contributed by atoms with Gasteiger partial charge in [-0.1, -0.05) is 24.3 Å². The van der Waals surface area contributed by atoms with Crippen molar-refractivity contribution in [3.8, 4) is 0 Å². The number of anilines is 2. The van der Waals surface area contributed by atoms with Gasteiger partial charge in [-0.2, -0.15) is 0 Å². The number of hydrogen-bond acceptors (Lipinski definition) is 12. The number of aliphatic hydroxyl groups is 8. The number of amides is 2. The lowest BCUT2D eigenvalue weighted by Gasteiger charge is -2.40. The van der Waals surface area contributed by atoms with Crippen molar-refractivity contribution >= 4 is 23.2 Å². The third-order valence-electron chi connectivity index (χ3n) is 8.14. The Bertz CT molecular complexity index is 1400. The molecule has 46 heavy (non-hydrogen) atoms. The quantitative estimate of drug-likeness (QED) is 0.146. The lowest BCUT2D eigenvalue weighted by atomic mass is 9.90. The van der Waals surface area contributed by atoms with Crippen molar-refractivity contribution in [3.05, 3.63) is 95.1 Å². The summed E-state index contributed by atoms with van der Waals surface area (Å²) in [6.45, 7) is -1.15. The van der Waals surface area contributed by atoms with Crippen LogP contribution in [0.25, 0.3) is 0 Å². The van der Waals surface area contributed by atoms with Gasteiger partial charge >= 0.3 is 0 Å². The van der Waals surface area contributed by atoms with E-state index in [4.69, 9.17) is 9.47 Å². The van der Waals surface area contributed by atoms with Crippen LogP contribution < -0.4 is 10.6 Å². The van der Waals surface area contributed by atoms with Crippen molar-refractivity contribution in [1.29, 1.82) is 0 Å². The second-order valence-corrected chi connectivity index (χ2v) is 11.2. The average molecular weight is 641 g/mol. The lowest BCUT2D eigenvalue weighted by molar-refractivity contribution is -0.231. The van der Waals surface area contributed by atoms with Crippen LogP contribution in [0.1, 0.15) is 44.1 Å². The number of carbonyl (C=O) groups excluding carboxylic acids is 2. The highest BCUT2D eigenvalue weighted by Gasteiger charge is 2.45. The van der Waals surface area contributed by atoms with Gasteiger partial charge in [0.05, 0.1) is 13.2 Å². The van der Waals surface area contributed by atoms with Gasteiger partial charge in [-0.25, -0.2) is 0 Å². The summed E-state index contributed by atoms with van der Waals surface area (Å²) in [6.07, 6.45) is -13.5. The van der Waals surface area contributed by atoms with E-state index < -0.39 is 86.1 Å². The minimum Gasteiger partial charge on any atom is -0.394 e. The summed E-state index contributed by atoms with van der Waals surface area (Å²) in [5.41, 5.74) is 1.96. The molecule has 2 heterocycles. The summed E-state index contributed by atoms with van der Waals surface area (Å²) >= 11 is 0. The van der Waals surface area contributed by atoms with E-state index in [9.17, 15) is 50.4 Å². The molecule has 3 aromatic carbocycles. The standard InChI is InChI=1S/C32H36N2O12/c35-13-21-23(37)25(39)27(41)29(45-21)15-3-1-5-17(11-15)31(43)33-19-7-9-20(10-8-19)34-32(44)18-6-2-4-16(12-18)30-28(42)26(40)24(38)22(14-36)46-30/h1-12,21-30,35-42H,13-14H2,(H,33,43)(H,34,44)/t21-,22-,23-,24-,25+,26+,27+,28+,29-,30?/m1/s1. The number of rotatable bonds is 8. The molecule has 2 aliphatic rings. The predicted octanol–water partition coefficient (Wildman–Crippen LogP) is -0.779. The van der Waals surface area contributed by atoms with E-state index in [1.807, 2.05) is 0 Å². The zero-order chi connectivity index (χ0) is 33.1. The van der Waals surface area contributed by atoms with Gasteiger partial charge in [-0.05, 0) is 59.7 Å². The summed E-state index contributed by atoms with van der Waals surface area (Å²) < 4.78 is 11.2. The minimum atomic E-state index is -1.56. The van der Waals surface area contributed by atoms with E-state index in [0.717, 1.165) is 0 Å². The van der Waals surface area contributed by atoms with Gasteiger partial charge in [-0.15, -0.1) is 0 Å². The molecule has 3 aromatic rings. The fourth-order valence-electron chi connectivity index (χ4n) is 5.51. The fourth-order valence-corrected chi connectivity index (χ4v) is 5.51. The Kier molecular flexibility index (Phi) is 10.4. The molecule has 10 atom stereocenters. The summed E-state index contributed by atoms with van der Waals surface area (Å²) in [6, 6.07) is 18.6. The highest BCUT2D eigenvalue weighted by Crippen LogP contribution is 2.34. The van der Waals surface area contributed by atoms with Gasteiger partial charge in [0.2, 0.25) is 0 Å². The molecule has 1 unspecified atom stereocenters. The van der Waals surface area contributed by atoms with E-state index in [2.05, 4.69) is 10.6 Å². The molecule has 2 aliphatic heterocycles. The van der Waals surface area contributed by atoms with Crippen molar-refractivity contribution in [2.24, 2.45) is 0 Å². The molecule has 2 amide bonds. The first-order chi connectivity index (χ1) is 22.0. The first-order valence-corrected chi connectivity index (χ1v) is 14.6. The number of aliphatic hydroxyl groups excluding tert-OH is 8. The van der Waals surface area contributed by atoms with Crippen LogP contribution in [-0.4, -0.2) is 115 Å². The Labute approximate surface area is 263 Å². The fraction of sp³-hybridized carbons (Fsp3) is 0.375. The van der Waals surface area contributed by atoms with E-state index >= 15 is 0 Å². The van der Waals surface area contributed by atoms with Gasteiger partial charge in [0, 0.05) is 22.5 Å². The Morgan fingerprint density at radius 2 is 0.913 bits per heavy atom. The number of carbonyl (C=O) groups is 2. The predicted molar refractivity (Wildman–Crippen MR) is 161 cm³/mol. The van der Waals surface area contributed by atoms with Gasteiger partial charge in [0.15, 0.2) is 0 Å². The maximum Gasteiger partial charge on any atom is 0.255 e. The maximum atomic E-state index is 13.0. The number of nitrogens with one attached hydrogen (secondary N) is 2. The molecule has 246 valence electrons. The van der Waals surface area contributed by atoms with Crippen LogP contribution in [0.2, 0.25) is 0 Å². The monoisotopic (exact) mass is 640 g/mol. The van der Waals surface area contributed by atoms with Crippen molar-refractivity contribution in [3.63, 3.8) is 0 Å². The second-order valence-electron chi connectivity index (χ2n) is 11.2. The molecule has 14 nitrogen and oxygen atoms in total. The average Bonchev–Trinajstić information content (AvgIpc) is 3.07. The zero-order valence-electron chi connectivity index (χ0n) is 24.3. The number of ether oxygens (including phenoxy) is 2. The third kappa shape index (κ3) is 6.96. The molecular formula is C32H36N2O12. The van der Waals surface area contributed by atoms with E-state index in [1.54, 1.807) is 48.5 Å². The number of hydrogen-bond donors (Lipinski definition) is 10. The molecule has 14 heteroatoms. The van der Waals surface area contributed by atoms with E-state index in [1.165, 1.54) is 24.3 Å². The Hall–Kier alpha value is -3.80. The third-order valence-corrected chi connectivity index (χ3v) is 8.14. The lowest BCUT2D eigenvalue weighted by Crippen LogP contribution is -2.55. The normalized spacial score (nSPS) is 31.2. The van der Waals surface area contributed by atoms with Gasteiger partial charge in [0.25, 0.3) is 11.8 Å². The molecule has 2 saturated heterocycles. The van der Waals surface area contributed by atoms with Crippen LogP contribution in [-0.2, 0) is 9.47 Å². The van der Waals surface area contributed by atoms with Crippen molar-refractivity contribution in [2.45, 2.75) is 61.0 Å². The van der Waals surface area contributed by atoms with Gasteiger partial charge in [0.1, 0.15) is 61.0 Å². The van der Waals surface area contributed by atoms with E-state index in [-0.39, 0.29) is 11.1 Å². The molecule has 10 N–H and O–H groups in total. The van der Waals surface area contributed by atoms with Crippen molar-refractivity contribution in [2.75, 3.05) is 23.8 Å². The first-order valence-electron chi connectivity index (χ1n) is 14.6. The molecule has 2 fully saturated rings. The molecule has 0 spiro atoms. The SMILES string of the molecule is O=C(Nc1ccc(NC(=O)c2cccc([C@H]3O[C@H](CO)[C@@H](O)[C@H](O)[C@@H]3O)c2)cc1)c1cccc(C2O[C@H](CO)[C@@H](O)[C@H](O)[C@@H]2O)c1. The van der Waals surface area contributed by atoms with Crippen LogP contribution in [0.15, 0.2) is 72.8 Å². The minimum absolute atomic E-state index is 0.214. The summed E-state index contributed by atoms with van der Waals surface area (Å²) in [5, 5.41) is 85.6. The molecule has 0 saturated carbocycles. The first kappa shape index (κ1) is 33.6. The Morgan fingerprint density at radius 1 is 0.543 bits per heavy atom. The van der Waals surface area contributed by atoms with Crippen LogP contribution in [0, 0.1) is 0 Å². The molecule has 0 bridgehead atoms. The summed E-state index contributed by atoms with van der Waals surface area (Å²) in [4.78, 5) is 26.0. The van der Waals surface area contributed by atoms with Crippen molar-refractivity contribution < 1.29 is 59.9 Å². The summed E-state index contributed by atoms with van der Waals surface area (Å²) in [5.74, 6) is -0.985. The van der Waals surface area contributed by atoms with Crippen LogP contribution in [0.5, 0.6) is 0 Å². The molecule has 0 aromatic heterocycles. The molecular weight excluding hydrogens is 604 g/mol. The summed E-state index contributed by atoms with van der Waals surface area (Å²) in [7, 11) is 0. The van der Waals surface area contributed by atoms with Crippen LogP contribution >= 0.6 is 0 Å². The Balaban J connectivity index is 1.22. The maximum absolute atomic E-state index is 13.0. The largest absolute Gasteiger partial charge is 0.394 e. The molecule has 0 aliphatic carbocycles. The van der Waals surface area contributed by atoms with Crippen molar-refractivity contribution in [1.82, 2.24) is 0 Å². The molecule has 0 radical (unpaired) electrons. The topological polar surface area (TPSA) is 238 Å². The van der Waals surface area contributed by atoms with Crippen LogP contribution in [0.4, 0.5) is 11.4 Å². The smallest absolute Gasteiger partial charge is 0.255 e.